The molecule has 0 aromatic carbocycles. The zero-order valence-electron chi connectivity index (χ0n) is 14.0. The van der Waals surface area contributed by atoms with Crippen LogP contribution in [0.3, 0.4) is 0 Å². The molecule has 8 nitrogen and oxygen atoms in total. The Kier molecular flexibility index (Phi) is 4.32. The van der Waals surface area contributed by atoms with Crippen molar-refractivity contribution in [3.63, 3.8) is 0 Å². The van der Waals surface area contributed by atoms with Crippen molar-refractivity contribution in [1.82, 2.24) is 34.2 Å². The van der Waals surface area contributed by atoms with Gasteiger partial charge in [0.1, 0.15) is 18.5 Å². The second-order valence-corrected chi connectivity index (χ2v) is 6.45. The predicted molar refractivity (Wildman–Crippen MR) is 90.3 cm³/mol. The lowest BCUT2D eigenvalue weighted by atomic mass is 10.1. The average molecular weight is 339 g/mol. The van der Waals surface area contributed by atoms with E-state index in [1.54, 1.807) is 18.9 Å². The minimum Gasteiger partial charge on any atom is -0.365 e. The number of rotatable bonds is 5. The van der Waals surface area contributed by atoms with Gasteiger partial charge in [0.2, 0.25) is 5.91 Å². The highest BCUT2D eigenvalue weighted by atomic mass is 16.2. The molecule has 0 saturated carbocycles. The van der Waals surface area contributed by atoms with Crippen LogP contribution in [0.5, 0.6) is 0 Å². The molecule has 0 radical (unpaired) electrons. The van der Waals surface area contributed by atoms with Gasteiger partial charge in [-0.2, -0.15) is 5.10 Å². The van der Waals surface area contributed by atoms with Gasteiger partial charge in [0.15, 0.2) is 0 Å². The first-order valence-electron chi connectivity index (χ1n) is 8.50. The number of nitrogens with one attached hydrogen (secondary N) is 1. The Morgan fingerprint density at radius 3 is 3.12 bits per heavy atom. The molecule has 4 rings (SSSR count). The first-order chi connectivity index (χ1) is 12.3. The largest absolute Gasteiger partial charge is 0.365 e. The van der Waals surface area contributed by atoms with Crippen molar-refractivity contribution >= 4 is 5.91 Å². The van der Waals surface area contributed by atoms with Gasteiger partial charge in [0.25, 0.3) is 0 Å². The second-order valence-electron chi connectivity index (χ2n) is 6.45. The Morgan fingerprint density at radius 2 is 2.32 bits per heavy atom. The number of nitrogens with zero attached hydrogens (tertiary/aromatic N) is 6. The van der Waals surface area contributed by atoms with Crippen molar-refractivity contribution in [1.29, 1.82) is 0 Å². The number of imidazole rings is 1. The van der Waals surface area contributed by atoms with Gasteiger partial charge in [-0.1, -0.05) is 0 Å². The average Bonchev–Trinajstić information content (AvgIpc) is 3.35. The maximum atomic E-state index is 12.8. The molecule has 3 aromatic heterocycles. The summed E-state index contributed by atoms with van der Waals surface area (Å²) < 4.78 is 3.97. The van der Waals surface area contributed by atoms with Crippen LogP contribution in [0.25, 0.3) is 0 Å². The number of carbonyl (C=O) groups excluding carboxylic acids is 1. The number of aryl methyl sites for hydroxylation is 1. The molecule has 0 aliphatic carbocycles. The molecule has 25 heavy (non-hydrogen) atoms. The molecule has 1 atom stereocenters. The van der Waals surface area contributed by atoms with Gasteiger partial charge >= 0.3 is 0 Å². The molecule has 1 unspecified atom stereocenters. The van der Waals surface area contributed by atoms with Gasteiger partial charge in [0, 0.05) is 56.3 Å². The van der Waals surface area contributed by atoms with E-state index in [2.05, 4.69) is 24.6 Å². The van der Waals surface area contributed by atoms with Crippen molar-refractivity contribution < 1.29 is 4.79 Å². The number of aromatic nitrogens is 6. The van der Waals surface area contributed by atoms with Crippen LogP contribution in [0.4, 0.5) is 0 Å². The third-order valence-electron chi connectivity index (χ3n) is 4.60. The molecular weight excluding hydrogens is 318 g/mol. The maximum absolute atomic E-state index is 12.8. The van der Waals surface area contributed by atoms with E-state index in [0.717, 1.165) is 31.0 Å². The fraction of sp³-hybridized carbons (Fsp3) is 0.412. The highest BCUT2D eigenvalue weighted by Gasteiger charge is 2.25. The van der Waals surface area contributed by atoms with Gasteiger partial charge in [-0.15, -0.1) is 0 Å². The van der Waals surface area contributed by atoms with Crippen LogP contribution >= 0.6 is 0 Å². The van der Waals surface area contributed by atoms with Gasteiger partial charge < -0.3 is 14.5 Å². The van der Waals surface area contributed by atoms with Crippen LogP contribution in [0.1, 0.15) is 17.9 Å². The van der Waals surface area contributed by atoms with Crippen molar-refractivity contribution in [2.45, 2.75) is 32.5 Å². The van der Waals surface area contributed by atoms with E-state index in [4.69, 9.17) is 0 Å². The van der Waals surface area contributed by atoms with Crippen molar-refractivity contribution in [3.05, 3.63) is 54.9 Å². The van der Waals surface area contributed by atoms with E-state index in [1.165, 1.54) is 0 Å². The third-order valence-corrected chi connectivity index (χ3v) is 4.60. The fourth-order valence-electron chi connectivity index (χ4n) is 3.36. The second kappa shape index (κ2) is 6.92. The van der Waals surface area contributed by atoms with Gasteiger partial charge in [-0.25, -0.2) is 9.97 Å². The summed E-state index contributed by atoms with van der Waals surface area (Å²) in [6, 6.07) is 3.96. The minimum absolute atomic E-state index is 0.162. The first-order valence-corrected chi connectivity index (χ1v) is 8.50. The van der Waals surface area contributed by atoms with E-state index in [0.29, 0.717) is 19.5 Å². The smallest absolute Gasteiger partial charge is 0.223 e. The molecule has 1 aliphatic heterocycles. The summed E-state index contributed by atoms with van der Waals surface area (Å²) >= 11 is 0. The lowest BCUT2D eigenvalue weighted by Gasteiger charge is -2.24. The van der Waals surface area contributed by atoms with Crippen LogP contribution in [0, 0.1) is 5.92 Å². The summed E-state index contributed by atoms with van der Waals surface area (Å²) in [5, 5.41) is 4.20. The molecule has 4 heterocycles. The molecule has 1 amide bonds. The monoisotopic (exact) mass is 339 g/mol. The highest BCUT2D eigenvalue weighted by Crippen LogP contribution is 2.18. The van der Waals surface area contributed by atoms with E-state index in [9.17, 15) is 4.79 Å². The summed E-state index contributed by atoms with van der Waals surface area (Å²) in [7, 11) is 0. The Bertz CT molecular complexity index is 806. The summed E-state index contributed by atoms with van der Waals surface area (Å²) in [6.45, 7) is 2.82. The van der Waals surface area contributed by atoms with Crippen molar-refractivity contribution in [3.8, 4) is 0 Å². The molecule has 0 bridgehead atoms. The molecular formula is C17H21N7O. The number of hydrogen-bond acceptors (Lipinski definition) is 4. The van der Waals surface area contributed by atoms with Crippen LogP contribution in [-0.4, -0.2) is 46.7 Å². The molecule has 0 spiro atoms. The molecule has 0 saturated heterocycles. The Labute approximate surface area is 145 Å². The van der Waals surface area contributed by atoms with Crippen LogP contribution in [0.15, 0.2) is 43.4 Å². The Morgan fingerprint density at radius 1 is 1.36 bits per heavy atom. The SMILES string of the molecule is O=C(CCc1ccc[nH]1)N1Cc2nccn2CC(Cn2cncn2)C1. The zero-order valence-corrected chi connectivity index (χ0v) is 14.0. The molecule has 1 N–H and O–H groups in total. The quantitative estimate of drug-likeness (QED) is 0.754. The molecule has 8 heteroatoms. The predicted octanol–water partition coefficient (Wildman–Crippen LogP) is 1.09. The lowest BCUT2D eigenvalue weighted by Crippen LogP contribution is -2.35. The van der Waals surface area contributed by atoms with Gasteiger partial charge in [-0.05, 0) is 18.6 Å². The van der Waals surface area contributed by atoms with E-state index in [1.807, 2.05) is 34.1 Å². The van der Waals surface area contributed by atoms with Crippen molar-refractivity contribution in [2.24, 2.45) is 5.92 Å². The highest BCUT2D eigenvalue weighted by molar-refractivity contribution is 5.76. The summed E-state index contributed by atoms with van der Waals surface area (Å²) in [5.41, 5.74) is 1.09. The first kappa shape index (κ1) is 15.6. The maximum Gasteiger partial charge on any atom is 0.223 e. The number of fused-ring (bicyclic) bond motifs is 1. The number of carbonyl (C=O) groups is 1. The summed E-state index contributed by atoms with van der Waals surface area (Å²) in [6.07, 6.45) is 10.2. The van der Waals surface area contributed by atoms with E-state index in [-0.39, 0.29) is 11.8 Å². The zero-order chi connectivity index (χ0) is 17.1. The van der Waals surface area contributed by atoms with Crippen LogP contribution in [-0.2, 0) is 30.8 Å². The topological polar surface area (TPSA) is 84.6 Å². The van der Waals surface area contributed by atoms with E-state index >= 15 is 0 Å². The Balaban J connectivity index is 1.47. The summed E-state index contributed by atoms with van der Waals surface area (Å²) in [5.74, 6) is 1.37. The van der Waals surface area contributed by atoms with Gasteiger partial charge in [0.05, 0.1) is 6.54 Å². The third kappa shape index (κ3) is 3.62. The molecule has 1 aliphatic rings. The standard InChI is InChI=1S/C17H21N7O/c25-17(4-3-15-2-1-5-19-15)23-9-14(10-24-13-18-12-21-24)8-22-7-6-20-16(22)11-23/h1-2,5-7,12-14,19H,3-4,8-11H2. The van der Waals surface area contributed by atoms with Crippen LogP contribution < -0.4 is 0 Å². The van der Waals surface area contributed by atoms with Crippen LogP contribution in [0.2, 0.25) is 0 Å². The van der Waals surface area contributed by atoms with E-state index < -0.39 is 0 Å². The number of aromatic amines is 1. The molecule has 0 fully saturated rings. The van der Waals surface area contributed by atoms with Crippen molar-refractivity contribution in [2.75, 3.05) is 6.54 Å². The molecule has 3 aromatic rings. The number of hydrogen-bond donors (Lipinski definition) is 1. The normalized spacial score (nSPS) is 17.3. The van der Waals surface area contributed by atoms with Gasteiger partial charge in [-0.3, -0.25) is 9.48 Å². The Hall–Kier alpha value is -2.90. The lowest BCUT2D eigenvalue weighted by molar-refractivity contribution is -0.132. The summed E-state index contributed by atoms with van der Waals surface area (Å²) in [4.78, 5) is 26.3. The molecule has 130 valence electrons. The number of amides is 1. The fourth-order valence-corrected chi connectivity index (χ4v) is 3.36. The minimum atomic E-state index is 0.162. The number of H-pyrrole nitrogens is 1.